The second-order valence-corrected chi connectivity index (χ2v) is 25.8. The number of primary amides is 3. The maximum absolute atomic E-state index is 14.6. The van der Waals surface area contributed by atoms with E-state index in [-0.39, 0.29) is 75.7 Å². The number of thioether (sulfide) groups is 1. The van der Waals surface area contributed by atoms with E-state index in [1.54, 1.807) is 50.4 Å². The van der Waals surface area contributed by atoms with E-state index in [0.29, 0.717) is 12.0 Å². The first-order chi connectivity index (χ1) is 46.9. The molecular weight excluding hydrogens is 1350 g/mol. The lowest BCUT2D eigenvalue weighted by Crippen LogP contribution is -2.63. The van der Waals surface area contributed by atoms with Gasteiger partial charge in [0.15, 0.2) is 5.96 Å². The predicted molar refractivity (Wildman–Crippen MR) is 370 cm³/mol. The molecule has 100 heavy (non-hydrogen) atoms. The molecule has 0 radical (unpaired) electrons. The molecule has 0 unspecified atom stereocenters. The number of rotatable bonds is 49. The van der Waals surface area contributed by atoms with Gasteiger partial charge in [-0.2, -0.15) is 24.4 Å². The Morgan fingerprint density at radius 2 is 0.890 bits per heavy atom. The van der Waals surface area contributed by atoms with Crippen LogP contribution in [0.3, 0.4) is 0 Å². The van der Waals surface area contributed by atoms with Gasteiger partial charge in [-0.1, -0.05) is 58.0 Å². The van der Waals surface area contributed by atoms with Crippen LogP contribution in [0.5, 0.6) is 0 Å². The van der Waals surface area contributed by atoms with E-state index in [2.05, 4.69) is 76.1 Å². The quantitative estimate of drug-likeness (QED) is 0.0125. The average molecular weight is 1450 g/mol. The summed E-state index contributed by atoms with van der Waals surface area (Å²) in [5, 5.41) is 57.5. The number of nitrogens with one attached hydrogen (secondary N) is 11. The van der Waals surface area contributed by atoms with Crippen LogP contribution in [-0.2, 0) is 78.3 Å². The molecule has 0 fully saturated rings. The minimum atomic E-state index is -1.89. The average Bonchev–Trinajstić information content (AvgIpc) is 0.863. The van der Waals surface area contributed by atoms with Crippen molar-refractivity contribution in [2.24, 2.45) is 57.0 Å². The molecule has 0 aliphatic rings. The van der Waals surface area contributed by atoms with Gasteiger partial charge in [0.1, 0.15) is 66.5 Å². The third-order valence-corrected chi connectivity index (χ3v) is 15.9. The van der Waals surface area contributed by atoms with E-state index in [1.807, 2.05) is 0 Å². The zero-order valence-corrected chi connectivity index (χ0v) is 59.0. The SMILES string of the molecule is CSCC[C@H](NC(=O)[C@H](CS)NC(=O)[C@H](CC(N)=O)NC(=O)[C@H](CCCN=C(N)N)NC(=O)[C@H](Cc1ccccc1)NC(=O)[C@H](CCC(N)=O)NC(=O)[C@H](CCCCN)NC(=O)[C@@H](N)CC(N)=O)C(=O)N[C@H](C(=O)N[C@H](C(=O)N[C@H](C(=O)N[C@@H](CC(C)C)C(=O)O)[C@@H](C)O)[C@@H](C)O)C(C)C. The number of carboxylic acid groups (broad SMARTS) is 1. The zero-order valence-electron chi connectivity index (χ0n) is 57.2. The number of unbranched alkanes of at least 4 members (excludes halogenated alkanes) is 1. The summed E-state index contributed by atoms with van der Waals surface area (Å²) in [6, 6.07) is -11.0. The molecule has 0 saturated carbocycles. The van der Waals surface area contributed by atoms with Crippen molar-refractivity contribution in [2.45, 2.75) is 203 Å². The van der Waals surface area contributed by atoms with Crippen LogP contribution < -0.4 is 98.6 Å². The smallest absolute Gasteiger partial charge is 0.326 e. The molecule has 0 bridgehead atoms. The standard InChI is InChI=1S/C61H103N19O18S2/c1-29(2)24-41(60(97)98)76-58(95)47(31(5)81)80-59(96)48(32(6)82)79-57(94)46(30(3)4)78-53(90)38(20-23-100-7)73-56(93)42(28-99)77-55(92)40(27-45(66)85)75-51(88)36(17-13-22-69-61(67)68)71-54(91)39(25-33-14-9-8-10-15-33)74-52(89)37(18-19-43(64)83)72-50(87)35(16-11-12-21-62)70-49(86)34(63)26-44(65)84/h8-10,14-15,29-32,34-42,46-48,81-82,99H,11-13,16-28,62-63H2,1-7H3,(H2,64,83)(H2,65,84)(H2,66,85)(H,70,86)(H,71,91)(H,72,87)(H,73,93)(H,74,89)(H,75,88)(H,76,95)(H,77,92)(H,78,90)(H,79,94)(H,80,96)(H,97,98)(H4,67,68,69)/t31-,32-,34+,35+,36+,37+,38+,39+,40+,41+,42+,46+,47+,48+/m1/s1. The summed E-state index contributed by atoms with van der Waals surface area (Å²) < 4.78 is 0. The Morgan fingerprint density at radius 3 is 1.35 bits per heavy atom. The molecule has 0 spiro atoms. The fourth-order valence-electron chi connectivity index (χ4n) is 9.52. The van der Waals surface area contributed by atoms with Crippen molar-refractivity contribution in [3.8, 4) is 0 Å². The number of hydrogen-bond donors (Lipinski definition) is 22. The van der Waals surface area contributed by atoms with E-state index >= 15 is 0 Å². The molecule has 39 heteroatoms. The summed E-state index contributed by atoms with van der Waals surface area (Å²) in [6.45, 7) is 8.82. The van der Waals surface area contributed by atoms with E-state index in [4.69, 9.17) is 40.1 Å². The number of aliphatic hydroxyl groups is 2. The number of nitrogens with two attached hydrogens (primary N) is 7. The van der Waals surface area contributed by atoms with Gasteiger partial charge in [0.25, 0.3) is 0 Å². The van der Waals surface area contributed by atoms with E-state index in [9.17, 15) is 87.2 Å². The summed E-state index contributed by atoms with van der Waals surface area (Å²) in [6.07, 6.45) is -4.00. The van der Waals surface area contributed by atoms with Crippen LogP contribution in [0.15, 0.2) is 35.3 Å². The Kier molecular flexibility index (Phi) is 41.4. The van der Waals surface area contributed by atoms with Gasteiger partial charge in [0.05, 0.1) is 31.1 Å². The fraction of sp³-hybridized carbons (Fsp3) is 0.639. The fourth-order valence-corrected chi connectivity index (χ4v) is 10.2. The Morgan fingerprint density at radius 1 is 0.480 bits per heavy atom. The number of carboxylic acids is 1. The van der Waals surface area contributed by atoms with E-state index in [0.717, 1.165) is 13.8 Å². The number of carbonyl (C=O) groups excluding carboxylic acids is 14. The van der Waals surface area contributed by atoms with Crippen LogP contribution in [0.25, 0.3) is 0 Å². The molecular formula is C61H103N19O18S2. The monoisotopic (exact) mass is 1450 g/mol. The Labute approximate surface area is 589 Å². The van der Waals surface area contributed by atoms with Gasteiger partial charge in [0, 0.05) is 25.1 Å². The number of carbonyl (C=O) groups is 15. The van der Waals surface area contributed by atoms with Crippen molar-refractivity contribution < 1.29 is 87.2 Å². The van der Waals surface area contributed by atoms with E-state index in [1.165, 1.54) is 25.6 Å². The lowest BCUT2D eigenvalue weighted by molar-refractivity contribution is -0.143. The first-order valence-electron chi connectivity index (χ1n) is 32.3. The normalized spacial score (nSPS) is 15.3. The van der Waals surface area contributed by atoms with Gasteiger partial charge in [-0.3, -0.25) is 72.1 Å². The highest BCUT2D eigenvalue weighted by Gasteiger charge is 2.39. The first kappa shape index (κ1) is 89.1. The third kappa shape index (κ3) is 34.2. The maximum atomic E-state index is 14.6. The minimum Gasteiger partial charge on any atom is -0.480 e. The van der Waals surface area contributed by atoms with Crippen molar-refractivity contribution >= 4 is 119 Å². The molecule has 14 amide bonds. The molecule has 0 saturated heterocycles. The molecule has 0 aromatic heterocycles. The van der Waals surface area contributed by atoms with Crippen molar-refractivity contribution in [3.05, 3.63) is 35.9 Å². The summed E-state index contributed by atoms with van der Waals surface area (Å²) in [7, 11) is 0. The highest BCUT2D eigenvalue weighted by Crippen LogP contribution is 2.14. The molecule has 0 heterocycles. The molecule has 14 atom stereocenters. The van der Waals surface area contributed by atoms with Gasteiger partial charge in [-0.25, -0.2) is 4.79 Å². The van der Waals surface area contributed by atoms with E-state index < -0.39 is 211 Å². The molecule has 0 aliphatic heterocycles. The number of nitrogens with zero attached hydrogens (tertiary/aromatic N) is 1. The molecule has 37 nitrogen and oxygen atoms in total. The number of aliphatic imine (C=N–C) groups is 1. The third-order valence-electron chi connectivity index (χ3n) is 14.9. The molecule has 562 valence electrons. The first-order valence-corrected chi connectivity index (χ1v) is 34.3. The van der Waals surface area contributed by atoms with Crippen LogP contribution in [-0.4, -0.2) is 226 Å². The zero-order chi connectivity index (χ0) is 76.1. The predicted octanol–water partition coefficient (Wildman–Crippen LogP) is -7.68. The topological polar surface area (TPSA) is 644 Å². The van der Waals surface area contributed by atoms with Crippen LogP contribution in [0.1, 0.15) is 118 Å². The van der Waals surface area contributed by atoms with Crippen molar-refractivity contribution in [1.29, 1.82) is 0 Å². The number of benzene rings is 1. The number of amides is 14. The highest BCUT2D eigenvalue weighted by molar-refractivity contribution is 7.98. The Hall–Kier alpha value is -8.92. The van der Waals surface area contributed by atoms with Gasteiger partial charge in [-0.15, -0.1) is 0 Å². The molecule has 0 aliphatic carbocycles. The van der Waals surface area contributed by atoms with Crippen molar-refractivity contribution in [1.82, 2.24) is 58.5 Å². The number of aliphatic carboxylic acids is 1. The van der Waals surface area contributed by atoms with Crippen LogP contribution in [0.2, 0.25) is 0 Å². The summed E-state index contributed by atoms with van der Waals surface area (Å²) in [4.78, 5) is 206. The Bertz CT molecular complexity index is 2960. The summed E-state index contributed by atoms with van der Waals surface area (Å²) in [5.41, 5.74) is 39.2. The molecule has 28 N–H and O–H groups in total. The highest BCUT2D eigenvalue weighted by atomic mass is 32.2. The maximum Gasteiger partial charge on any atom is 0.326 e. The summed E-state index contributed by atoms with van der Waals surface area (Å²) in [5.74, 6) is -17.4. The van der Waals surface area contributed by atoms with Gasteiger partial charge in [-0.05, 0) is 101 Å². The second-order valence-electron chi connectivity index (χ2n) is 24.5. The van der Waals surface area contributed by atoms with Crippen LogP contribution >= 0.6 is 24.4 Å². The van der Waals surface area contributed by atoms with Crippen molar-refractivity contribution in [3.63, 3.8) is 0 Å². The van der Waals surface area contributed by atoms with Gasteiger partial charge >= 0.3 is 5.97 Å². The Balaban J connectivity index is 3.66. The molecule has 1 aromatic rings. The second kappa shape index (κ2) is 46.4. The van der Waals surface area contributed by atoms with Crippen LogP contribution in [0, 0.1) is 11.8 Å². The molecule has 1 rings (SSSR count). The number of thiol groups is 1. The molecule has 1 aromatic carbocycles. The number of hydrogen-bond acceptors (Lipinski definition) is 22. The largest absolute Gasteiger partial charge is 0.480 e. The van der Waals surface area contributed by atoms with Crippen molar-refractivity contribution in [2.75, 3.05) is 30.9 Å². The van der Waals surface area contributed by atoms with Gasteiger partial charge < -0.3 is 114 Å². The van der Waals surface area contributed by atoms with Gasteiger partial charge in [0.2, 0.25) is 82.7 Å². The number of guanidine groups is 1. The van der Waals surface area contributed by atoms with Crippen LogP contribution in [0.4, 0.5) is 0 Å². The lowest BCUT2D eigenvalue weighted by atomic mass is 10.0. The number of aliphatic hydroxyl groups excluding tert-OH is 2. The summed E-state index contributed by atoms with van der Waals surface area (Å²) >= 11 is 5.50. The minimum absolute atomic E-state index is 0.00202. The lowest BCUT2D eigenvalue weighted by Gasteiger charge is -2.30.